The van der Waals surface area contributed by atoms with E-state index in [1.807, 2.05) is 0 Å². The van der Waals surface area contributed by atoms with E-state index in [2.05, 4.69) is 23.6 Å². The molecule has 2 fully saturated rings. The lowest BCUT2D eigenvalue weighted by Gasteiger charge is -2.41. The van der Waals surface area contributed by atoms with Crippen LogP contribution in [-0.2, 0) is 4.79 Å². The average molecular weight is 268 g/mol. The number of hydrogen-bond acceptors (Lipinski definition) is 3. The zero-order valence-electron chi connectivity index (χ0n) is 12.4. The number of carboxylic acids is 1. The van der Waals surface area contributed by atoms with Crippen LogP contribution in [0.15, 0.2) is 0 Å². The zero-order chi connectivity index (χ0) is 13.9. The Morgan fingerprint density at radius 2 is 2.00 bits per heavy atom. The Morgan fingerprint density at radius 1 is 1.21 bits per heavy atom. The van der Waals surface area contributed by atoms with E-state index in [0.717, 1.165) is 32.6 Å². The number of carboxylic acid groups (broad SMARTS) is 1. The lowest BCUT2D eigenvalue weighted by molar-refractivity contribution is -0.138. The molecule has 110 valence electrons. The van der Waals surface area contributed by atoms with Gasteiger partial charge in [-0.2, -0.15) is 0 Å². The van der Waals surface area contributed by atoms with Gasteiger partial charge in [0, 0.05) is 25.7 Å². The standard InChI is InChI=1S/C15H28N2O2/c1-15(2)6-3-5-13(11-15)17-8-4-7-16(9-10-17)12-14(18)19/h13H,3-12H2,1-2H3,(H,18,19). The van der Waals surface area contributed by atoms with Crippen molar-refractivity contribution in [1.29, 1.82) is 0 Å². The minimum Gasteiger partial charge on any atom is -0.480 e. The van der Waals surface area contributed by atoms with Crippen LogP contribution >= 0.6 is 0 Å². The average Bonchev–Trinajstić information content (AvgIpc) is 2.52. The summed E-state index contributed by atoms with van der Waals surface area (Å²) in [7, 11) is 0. The van der Waals surface area contributed by atoms with Gasteiger partial charge in [-0.1, -0.05) is 20.3 Å². The topological polar surface area (TPSA) is 43.8 Å². The molecule has 0 aromatic carbocycles. The molecule has 1 heterocycles. The Balaban J connectivity index is 1.86. The van der Waals surface area contributed by atoms with Crippen LogP contribution in [0.5, 0.6) is 0 Å². The SMILES string of the molecule is CC1(C)CCCC(N2CCCN(CC(=O)O)CC2)C1. The maximum absolute atomic E-state index is 10.8. The monoisotopic (exact) mass is 268 g/mol. The van der Waals surface area contributed by atoms with Crippen molar-refractivity contribution in [3.8, 4) is 0 Å². The van der Waals surface area contributed by atoms with Crippen molar-refractivity contribution in [2.75, 3.05) is 32.7 Å². The van der Waals surface area contributed by atoms with Gasteiger partial charge in [0.2, 0.25) is 0 Å². The summed E-state index contributed by atoms with van der Waals surface area (Å²) in [5.74, 6) is -0.702. The zero-order valence-corrected chi connectivity index (χ0v) is 12.4. The second-order valence-electron chi connectivity index (χ2n) is 6.97. The molecule has 1 N–H and O–H groups in total. The lowest BCUT2D eigenvalue weighted by Crippen LogP contribution is -2.43. The molecule has 19 heavy (non-hydrogen) atoms. The predicted octanol–water partition coefficient (Wildman–Crippen LogP) is 2.05. The first-order chi connectivity index (χ1) is 8.96. The summed E-state index contributed by atoms with van der Waals surface area (Å²) in [5, 5.41) is 8.89. The van der Waals surface area contributed by atoms with Gasteiger partial charge in [-0.05, 0) is 37.6 Å². The van der Waals surface area contributed by atoms with Crippen molar-refractivity contribution in [1.82, 2.24) is 9.80 Å². The number of carbonyl (C=O) groups is 1. The summed E-state index contributed by atoms with van der Waals surface area (Å²) in [4.78, 5) is 15.5. The third-order valence-corrected chi connectivity index (χ3v) is 4.68. The maximum Gasteiger partial charge on any atom is 0.317 e. The van der Waals surface area contributed by atoms with E-state index in [9.17, 15) is 4.79 Å². The van der Waals surface area contributed by atoms with Crippen molar-refractivity contribution in [2.24, 2.45) is 5.41 Å². The molecule has 4 heteroatoms. The summed E-state index contributed by atoms with van der Waals surface area (Å²) < 4.78 is 0. The summed E-state index contributed by atoms with van der Waals surface area (Å²) in [6.45, 7) is 8.97. The highest BCUT2D eigenvalue weighted by Gasteiger charge is 2.32. The van der Waals surface area contributed by atoms with E-state index in [1.165, 1.54) is 25.7 Å². The number of aliphatic carboxylic acids is 1. The fourth-order valence-corrected chi connectivity index (χ4v) is 3.68. The molecule has 0 bridgehead atoms. The fourth-order valence-electron chi connectivity index (χ4n) is 3.68. The van der Waals surface area contributed by atoms with Gasteiger partial charge in [0.05, 0.1) is 6.54 Å². The highest BCUT2D eigenvalue weighted by atomic mass is 16.4. The molecule has 0 amide bonds. The second kappa shape index (κ2) is 6.23. The van der Waals surface area contributed by atoms with E-state index in [4.69, 9.17) is 5.11 Å². The summed E-state index contributed by atoms with van der Waals surface area (Å²) in [5.41, 5.74) is 0.482. The van der Waals surface area contributed by atoms with Gasteiger partial charge in [0.25, 0.3) is 0 Å². The molecular weight excluding hydrogens is 240 g/mol. The van der Waals surface area contributed by atoms with E-state index < -0.39 is 5.97 Å². The van der Waals surface area contributed by atoms with E-state index in [-0.39, 0.29) is 6.54 Å². The van der Waals surface area contributed by atoms with Crippen molar-refractivity contribution in [3.05, 3.63) is 0 Å². The number of nitrogens with zero attached hydrogens (tertiary/aromatic N) is 2. The van der Waals surface area contributed by atoms with Crippen LogP contribution in [0.1, 0.15) is 46.0 Å². The van der Waals surface area contributed by atoms with E-state index in [0.29, 0.717) is 11.5 Å². The first kappa shape index (κ1) is 14.8. The molecule has 1 saturated heterocycles. The largest absolute Gasteiger partial charge is 0.480 e. The number of hydrogen-bond donors (Lipinski definition) is 1. The first-order valence-electron chi connectivity index (χ1n) is 7.64. The summed E-state index contributed by atoms with van der Waals surface area (Å²) in [6, 6.07) is 0.716. The van der Waals surface area contributed by atoms with Crippen LogP contribution in [0.3, 0.4) is 0 Å². The summed E-state index contributed by atoms with van der Waals surface area (Å²) >= 11 is 0. The Hall–Kier alpha value is -0.610. The molecule has 2 aliphatic rings. The van der Waals surface area contributed by atoms with Crippen LogP contribution in [0, 0.1) is 5.41 Å². The van der Waals surface area contributed by atoms with Crippen molar-refractivity contribution < 1.29 is 9.90 Å². The molecule has 0 aromatic rings. The first-order valence-corrected chi connectivity index (χ1v) is 7.64. The molecule has 1 unspecified atom stereocenters. The normalized spacial score (nSPS) is 29.9. The van der Waals surface area contributed by atoms with Gasteiger partial charge in [0.15, 0.2) is 0 Å². The molecule has 1 saturated carbocycles. The van der Waals surface area contributed by atoms with Crippen molar-refractivity contribution in [3.63, 3.8) is 0 Å². The molecule has 0 spiro atoms. The second-order valence-corrected chi connectivity index (χ2v) is 6.97. The molecule has 0 aromatic heterocycles. The Labute approximate surface area is 116 Å². The van der Waals surface area contributed by atoms with E-state index >= 15 is 0 Å². The number of rotatable bonds is 3. The van der Waals surface area contributed by atoms with Gasteiger partial charge in [-0.25, -0.2) is 0 Å². The fraction of sp³-hybridized carbons (Fsp3) is 0.933. The van der Waals surface area contributed by atoms with Crippen molar-refractivity contribution in [2.45, 2.75) is 52.0 Å². The van der Waals surface area contributed by atoms with Gasteiger partial charge in [-0.15, -0.1) is 0 Å². The van der Waals surface area contributed by atoms with E-state index in [1.54, 1.807) is 0 Å². The molecule has 2 rings (SSSR count). The third-order valence-electron chi connectivity index (χ3n) is 4.68. The molecule has 0 radical (unpaired) electrons. The van der Waals surface area contributed by atoms with Crippen LogP contribution < -0.4 is 0 Å². The molecule has 4 nitrogen and oxygen atoms in total. The Morgan fingerprint density at radius 3 is 2.68 bits per heavy atom. The maximum atomic E-state index is 10.8. The molecule has 1 aliphatic heterocycles. The lowest BCUT2D eigenvalue weighted by atomic mass is 9.74. The minimum atomic E-state index is -0.702. The van der Waals surface area contributed by atoms with Crippen LogP contribution in [-0.4, -0.2) is 59.6 Å². The summed E-state index contributed by atoms with van der Waals surface area (Å²) in [6.07, 6.45) is 6.41. The predicted molar refractivity (Wildman–Crippen MR) is 76.3 cm³/mol. The van der Waals surface area contributed by atoms with Gasteiger partial charge < -0.3 is 5.11 Å². The van der Waals surface area contributed by atoms with Crippen molar-refractivity contribution >= 4 is 5.97 Å². The van der Waals surface area contributed by atoms with Crippen LogP contribution in [0.25, 0.3) is 0 Å². The van der Waals surface area contributed by atoms with Crippen LogP contribution in [0.4, 0.5) is 0 Å². The highest BCUT2D eigenvalue weighted by Crippen LogP contribution is 2.37. The van der Waals surface area contributed by atoms with Gasteiger partial charge >= 0.3 is 5.97 Å². The third kappa shape index (κ3) is 4.46. The van der Waals surface area contributed by atoms with Gasteiger partial charge in [0.1, 0.15) is 0 Å². The Kier molecular flexibility index (Phi) is 4.85. The smallest absolute Gasteiger partial charge is 0.317 e. The Bertz CT molecular complexity index is 317. The van der Waals surface area contributed by atoms with Gasteiger partial charge in [-0.3, -0.25) is 14.6 Å². The molecular formula is C15H28N2O2. The molecule has 1 atom stereocenters. The highest BCUT2D eigenvalue weighted by molar-refractivity contribution is 5.69. The van der Waals surface area contributed by atoms with Crippen LogP contribution in [0.2, 0.25) is 0 Å². The molecule has 1 aliphatic carbocycles. The quantitative estimate of drug-likeness (QED) is 0.851. The minimum absolute atomic E-state index is 0.198.